The lowest BCUT2D eigenvalue weighted by molar-refractivity contribution is 0.459. The first kappa shape index (κ1) is 12.8. The topological polar surface area (TPSA) is 38.0 Å². The molecule has 2 aromatic rings. The van der Waals surface area contributed by atoms with E-state index in [-0.39, 0.29) is 11.7 Å². The molecule has 1 N–H and O–H groups in total. The summed E-state index contributed by atoms with van der Waals surface area (Å²) in [5.41, 5.74) is 1.96. The number of hydrogen-bond donors (Lipinski definition) is 1. The quantitative estimate of drug-likeness (QED) is 0.915. The van der Waals surface area contributed by atoms with E-state index in [4.69, 9.17) is 23.2 Å². The Morgan fingerprint density at radius 2 is 2.21 bits per heavy atom. The van der Waals surface area contributed by atoms with E-state index < -0.39 is 0 Å². The molecule has 0 spiro atoms. The zero-order valence-corrected chi connectivity index (χ0v) is 12.0. The van der Waals surface area contributed by atoms with E-state index in [0.29, 0.717) is 10.0 Å². The molecule has 19 heavy (non-hydrogen) atoms. The molecule has 1 atom stereocenters. The van der Waals surface area contributed by atoms with Gasteiger partial charge in [-0.25, -0.2) is 4.98 Å². The van der Waals surface area contributed by atoms with Crippen molar-refractivity contribution in [2.75, 3.05) is 0 Å². The van der Waals surface area contributed by atoms with Gasteiger partial charge >= 0.3 is 0 Å². The predicted octanol–water partition coefficient (Wildman–Crippen LogP) is 3.80. The predicted molar refractivity (Wildman–Crippen MR) is 76.2 cm³/mol. The number of fused-ring (bicyclic) bond motifs is 1. The van der Waals surface area contributed by atoms with Crippen LogP contribution in [0.3, 0.4) is 0 Å². The molecule has 100 valence electrons. The summed E-state index contributed by atoms with van der Waals surface area (Å²) >= 11 is 12.3. The highest BCUT2D eigenvalue weighted by Gasteiger charge is 2.29. The van der Waals surface area contributed by atoms with Crippen molar-refractivity contribution >= 4 is 23.2 Å². The third-order valence-electron chi connectivity index (χ3n) is 3.73. The Morgan fingerprint density at radius 1 is 1.42 bits per heavy atom. The van der Waals surface area contributed by atoms with Crippen molar-refractivity contribution in [1.29, 1.82) is 0 Å². The van der Waals surface area contributed by atoms with E-state index in [0.717, 1.165) is 30.8 Å². The number of nitrogens with zero attached hydrogens (tertiary/aromatic N) is 2. The summed E-state index contributed by atoms with van der Waals surface area (Å²) in [6.45, 7) is 2.91. The number of aryl methyl sites for hydroxylation is 1. The zero-order chi connectivity index (χ0) is 13.6. The molecule has 2 heterocycles. The lowest BCUT2D eigenvalue weighted by Crippen LogP contribution is -2.04. The summed E-state index contributed by atoms with van der Waals surface area (Å²) < 4.78 is 2.21. The summed E-state index contributed by atoms with van der Waals surface area (Å²) in [7, 11) is 0. The number of benzene rings is 1. The molecule has 0 unspecified atom stereocenters. The lowest BCUT2D eigenvalue weighted by atomic mass is 9.96. The van der Waals surface area contributed by atoms with Gasteiger partial charge in [-0.1, -0.05) is 30.1 Å². The van der Waals surface area contributed by atoms with Gasteiger partial charge in [-0.05, 0) is 18.6 Å². The van der Waals surface area contributed by atoms with Crippen LogP contribution in [-0.4, -0.2) is 14.7 Å². The summed E-state index contributed by atoms with van der Waals surface area (Å²) in [4.78, 5) is 4.43. The zero-order valence-electron chi connectivity index (χ0n) is 10.5. The van der Waals surface area contributed by atoms with Crippen LogP contribution in [0.5, 0.6) is 5.75 Å². The minimum atomic E-state index is 0.139. The molecular formula is C14H14Cl2N2O. The van der Waals surface area contributed by atoms with Crippen LogP contribution in [0, 0.1) is 0 Å². The van der Waals surface area contributed by atoms with Gasteiger partial charge in [0.25, 0.3) is 0 Å². The molecule has 3 nitrogen and oxygen atoms in total. The van der Waals surface area contributed by atoms with Gasteiger partial charge in [0.05, 0.1) is 10.0 Å². The van der Waals surface area contributed by atoms with Gasteiger partial charge in [0.2, 0.25) is 0 Å². The van der Waals surface area contributed by atoms with E-state index in [9.17, 15) is 5.11 Å². The number of aromatic hydroxyl groups is 1. The van der Waals surface area contributed by atoms with Crippen molar-refractivity contribution in [2.24, 2.45) is 0 Å². The molecule has 3 rings (SSSR count). The van der Waals surface area contributed by atoms with Crippen molar-refractivity contribution in [2.45, 2.75) is 32.2 Å². The second kappa shape index (κ2) is 4.73. The van der Waals surface area contributed by atoms with Crippen LogP contribution in [0.15, 0.2) is 18.3 Å². The molecule has 0 saturated carbocycles. The van der Waals surface area contributed by atoms with Crippen LogP contribution >= 0.6 is 23.2 Å². The van der Waals surface area contributed by atoms with E-state index in [2.05, 4.69) is 16.5 Å². The Hall–Kier alpha value is -1.19. The smallest absolute Gasteiger partial charge is 0.120 e. The number of phenolic OH excluding ortho intramolecular Hbond substituents is 1. The maximum absolute atomic E-state index is 10.0. The van der Waals surface area contributed by atoms with Crippen LogP contribution in [-0.2, 0) is 19.4 Å². The number of hydrogen-bond acceptors (Lipinski definition) is 2. The van der Waals surface area contributed by atoms with Crippen molar-refractivity contribution in [3.05, 3.63) is 45.5 Å². The lowest BCUT2D eigenvalue weighted by Gasteiger charge is -2.15. The maximum atomic E-state index is 10.0. The van der Waals surface area contributed by atoms with E-state index in [1.807, 2.05) is 6.20 Å². The van der Waals surface area contributed by atoms with Crippen LogP contribution < -0.4 is 0 Å². The average Bonchev–Trinajstić information content (AvgIpc) is 2.94. The Kier molecular flexibility index (Phi) is 3.19. The van der Waals surface area contributed by atoms with Crippen LogP contribution in [0.2, 0.25) is 10.0 Å². The molecule has 0 bridgehead atoms. The number of rotatable bonds is 2. The molecule has 1 aromatic heterocycles. The fourth-order valence-electron chi connectivity index (χ4n) is 2.77. The molecule has 1 aliphatic rings. The fraction of sp³-hybridized carbons (Fsp3) is 0.357. The Balaban J connectivity index is 1.99. The minimum absolute atomic E-state index is 0.139. The highest BCUT2D eigenvalue weighted by molar-refractivity contribution is 6.42. The highest BCUT2D eigenvalue weighted by atomic mass is 35.5. The Labute approximate surface area is 121 Å². The normalized spacial score (nSPS) is 17.7. The first-order valence-electron chi connectivity index (χ1n) is 6.32. The maximum Gasteiger partial charge on any atom is 0.120 e. The van der Waals surface area contributed by atoms with Gasteiger partial charge in [0.15, 0.2) is 0 Å². The molecule has 1 aliphatic heterocycles. The van der Waals surface area contributed by atoms with Crippen molar-refractivity contribution in [3.8, 4) is 5.75 Å². The number of phenols is 1. The van der Waals surface area contributed by atoms with E-state index in [1.165, 1.54) is 5.69 Å². The second-order valence-electron chi connectivity index (χ2n) is 4.83. The summed E-state index contributed by atoms with van der Waals surface area (Å²) in [6, 6.07) is 3.22. The van der Waals surface area contributed by atoms with Gasteiger partial charge in [0, 0.05) is 36.3 Å². The number of imidazole rings is 1. The van der Waals surface area contributed by atoms with Gasteiger partial charge in [-0.3, -0.25) is 0 Å². The number of aromatic nitrogens is 2. The van der Waals surface area contributed by atoms with Crippen molar-refractivity contribution < 1.29 is 5.11 Å². The van der Waals surface area contributed by atoms with Gasteiger partial charge in [0.1, 0.15) is 11.6 Å². The first-order valence-corrected chi connectivity index (χ1v) is 7.07. The van der Waals surface area contributed by atoms with Crippen molar-refractivity contribution in [1.82, 2.24) is 9.55 Å². The van der Waals surface area contributed by atoms with Gasteiger partial charge < -0.3 is 9.67 Å². The third-order valence-corrected chi connectivity index (χ3v) is 4.55. The summed E-state index contributed by atoms with van der Waals surface area (Å²) in [5, 5.41) is 11.0. The van der Waals surface area contributed by atoms with Gasteiger partial charge in [-0.2, -0.15) is 0 Å². The molecule has 5 heteroatoms. The van der Waals surface area contributed by atoms with E-state index in [1.54, 1.807) is 12.1 Å². The first-order chi connectivity index (χ1) is 9.11. The number of halogens is 2. The largest absolute Gasteiger partial charge is 0.508 e. The van der Waals surface area contributed by atoms with Crippen LogP contribution in [0.1, 0.15) is 29.9 Å². The van der Waals surface area contributed by atoms with Crippen LogP contribution in [0.4, 0.5) is 0 Å². The standard InChI is InChI=1S/C14H14Cl2N2O/c1-2-9-6-17-12-5-8(7-18(9)12)13-11(19)4-3-10(15)14(13)16/h3-4,6,8,19H,2,5,7H2,1H3/t8-/m1/s1. The molecular weight excluding hydrogens is 283 g/mol. The fourth-order valence-corrected chi connectivity index (χ4v) is 3.24. The molecule has 0 amide bonds. The molecule has 0 fully saturated rings. The Morgan fingerprint density at radius 3 is 2.95 bits per heavy atom. The molecule has 1 aromatic carbocycles. The molecule has 0 radical (unpaired) electrons. The SMILES string of the molecule is CCc1cnc2n1C[C@H](c1c(O)ccc(Cl)c1Cl)C2. The third kappa shape index (κ3) is 2.01. The minimum Gasteiger partial charge on any atom is -0.508 e. The van der Waals surface area contributed by atoms with Crippen molar-refractivity contribution in [3.63, 3.8) is 0 Å². The highest BCUT2D eigenvalue weighted by Crippen LogP contribution is 2.41. The van der Waals surface area contributed by atoms with Crippen LogP contribution in [0.25, 0.3) is 0 Å². The molecule has 0 aliphatic carbocycles. The summed E-state index contributed by atoms with van der Waals surface area (Å²) in [5.74, 6) is 1.40. The molecule has 0 saturated heterocycles. The summed E-state index contributed by atoms with van der Waals surface area (Å²) in [6.07, 6.45) is 3.66. The van der Waals surface area contributed by atoms with Gasteiger partial charge in [-0.15, -0.1) is 0 Å². The van der Waals surface area contributed by atoms with E-state index >= 15 is 0 Å². The monoisotopic (exact) mass is 296 g/mol. The average molecular weight is 297 g/mol. The Bertz CT molecular complexity index is 637. The second-order valence-corrected chi connectivity index (χ2v) is 5.61.